The van der Waals surface area contributed by atoms with Crippen molar-refractivity contribution in [2.75, 3.05) is 5.73 Å². The van der Waals surface area contributed by atoms with Crippen LogP contribution in [0.1, 0.15) is 0 Å². The number of hydrogen-bond donors (Lipinski definition) is 3. The Balaban J connectivity index is 2.79. The van der Waals surface area contributed by atoms with E-state index in [0.717, 1.165) is 12.1 Å². The number of nitrogen functional groups attached to an aromatic ring is 1. The number of anilines is 1. The molecule has 2 aromatic rings. The maximum absolute atomic E-state index is 11.6. The van der Waals surface area contributed by atoms with Crippen molar-refractivity contribution in [1.82, 2.24) is 9.97 Å². The quantitative estimate of drug-likeness (QED) is 0.409. The van der Waals surface area contributed by atoms with Crippen LogP contribution in [0.15, 0.2) is 34.0 Å². The third-order valence-electron chi connectivity index (χ3n) is 2.50. The molecule has 0 amide bonds. The van der Waals surface area contributed by atoms with Crippen molar-refractivity contribution in [3.63, 3.8) is 0 Å². The zero-order valence-electron chi connectivity index (χ0n) is 10.2. The molecule has 1 aromatic carbocycles. The summed E-state index contributed by atoms with van der Waals surface area (Å²) in [5, 5.41) is 10.9. The molecule has 0 spiro atoms. The molecule has 110 valence electrons. The normalized spacial score (nSPS) is 11.3. The van der Waals surface area contributed by atoms with Gasteiger partial charge in [0.2, 0.25) is 5.95 Å². The van der Waals surface area contributed by atoms with Crippen LogP contribution < -0.4 is 11.3 Å². The summed E-state index contributed by atoms with van der Waals surface area (Å²) >= 11 is 0. The number of nitro groups is 1. The molecule has 0 saturated carbocycles. The zero-order chi connectivity index (χ0) is 15.8. The summed E-state index contributed by atoms with van der Waals surface area (Å²) in [5.41, 5.74) is 2.94. The van der Waals surface area contributed by atoms with Gasteiger partial charge >= 0.3 is 11.2 Å². The number of rotatable bonds is 3. The number of H-pyrrole nitrogens is 1. The van der Waals surface area contributed by atoms with Gasteiger partial charge in [-0.25, -0.2) is 4.98 Å². The summed E-state index contributed by atoms with van der Waals surface area (Å²) in [5.74, 6) is -0.363. The van der Waals surface area contributed by atoms with Gasteiger partial charge in [0.15, 0.2) is 5.69 Å². The molecule has 0 fully saturated rings. The van der Waals surface area contributed by atoms with Crippen molar-refractivity contribution in [1.29, 1.82) is 0 Å². The number of nitrogens with one attached hydrogen (secondary N) is 1. The van der Waals surface area contributed by atoms with Crippen LogP contribution in [-0.2, 0) is 10.1 Å². The minimum Gasteiger partial charge on any atom is -0.369 e. The molecule has 10 nitrogen and oxygen atoms in total. The Bertz CT molecular complexity index is 889. The highest BCUT2D eigenvalue weighted by Crippen LogP contribution is 2.26. The largest absolute Gasteiger partial charge is 0.369 e. The lowest BCUT2D eigenvalue weighted by Gasteiger charge is -2.04. The first kappa shape index (κ1) is 14.6. The molecule has 0 unspecified atom stereocenters. The Morgan fingerprint density at radius 1 is 1.38 bits per heavy atom. The number of nitrogens with two attached hydrogens (primary N) is 1. The van der Waals surface area contributed by atoms with Gasteiger partial charge in [-0.1, -0.05) is 12.1 Å². The van der Waals surface area contributed by atoms with Crippen LogP contribution in [0.25, 0.3) is 11.3 Å². The molecule has 0 bridgehead atoms. The van der Waals surface area contributed by atoms with E-state index in [1.807, 2.05) is 4.98 Å². The Morgan fingerprint density at radius 3 is 2.62 bits per heavy atom. The molecule has 0 saturated heterocycles. The van der Waals surface area contributed by atoms with Crippen molar-refractivity contribution in [3.8, 4) is 11.3 Å². The summed E-state index contributed by atoms with van der Waals surface area (Å²) < 4.78 is 31.1. The van der Waals surface area contributed by atoms with E-state index in [1.165, 1.54) is 12.1 Å². The number of nitrogens with zero attached hydrogens (tertiary/aromatic N) is 2. The van der Waals surface area contributed by atoms with Crippen LogP contribution in [0.4, 0.5) is 11.6 Å². The molecule has 1 aromatic heterocycles. The highest BCUT2D eigenvalue weighted by atomic mass is 32.2. The van der Waals surface area contributed by atoms with Crippen LogP contribution in [0.3, 0.4) is 0 Å². The van der Waals surface area contributed by atoms with E-state index in [9.17, 15) is 23.3 Å². The maximum Gasteiger partial charge on any atom is 0.359 e. The van der Waals surface area contributed by atoms with Crippen molar-refractivity contribution < 1.29 is 17.9 Å². The van der Waals surface area contributed by atoms with Gasteiger partial charge in [0, 0.05) is 5.56 Å². The van der Waals surface area contributed by atoms with Crippen LogP contribution >= 0.6 is 0 Å². The molecule has 0 atom stereocenters. The van der Waals surface area contributed by atoms with Gasteiger partial charge in [-0.05, 0) is 12.1 Å². The monoisotopic (exact) mass is 312 g/mol. The van der Waals surface area contributed by atoms with Crippen LogP contribution in [0, 0.1) is 10.1 Å². The van der Waals surface area contributed by atoms with E-state index in [0.29, 0.717) is 0 Å². The highest BCUT2D eigenvalue weighted by molar-refractivity contribution is 7.85. The SMILES string of the molecule is Nc1nc(-c2cccc(S(=O)(=O)O)c2)c([N+](=O)[O-])c(=O)[nH]1. The fourth-order valence-corrected chi connectivity index (χ4v) is 2.19. The molecule has 1 heterocycles. The molecule has 11 heteroatoms. The Morgan fingerprint density at radius 2 is 2.05 bits per heavy atom. The van der Waals surface area contributed by atoms with Gasteiger partial charge in [-0.2, -0.15) is 8.42 Å². The summed E-state index contributed by atoms with van der Waals surface area (Å²) in [6.45, 7) is 0. The average molecular weight is 312 g/mol. The van der Waals surface area contributed by atoms with Gasteiger partial charge in [0.1, 0.15) is 0 Å². The standard InChI is InChI=1S/C10H8N4O6S/c11-10-12-7(8(14(16)17)9(15)13-10)5-2-1-3-6(4-5)21(18,19)20/h1-4H,(H,18,19,20)(H3,11,12,13,15). The van der Waals surface area contributed by atoms with Crippen LogP contribution in [-0.4, -0.2) is 27.9 Å². The van der Waals surface area contributed by atoms with Crippen molar-refractivity contribution in [2.24, 2.45) is 0 Å². The molecule has 0 aliphatic carbocycles. The van der Waals surface area contributed by atoms with Gasteiger partial charge in [0.25, 0.3) is 10.1 Å². The third-order valence-corrected chi connectivity index (χ3v) is 3.35. The van der Waals surface area contributed by atoms with Gasteiger partial charge in [-0.15, -0.1) is 0 Å². The summed E-state index contributed by atoms with van der Waals surface area (Å²) in [4.78, 5) is 26.7. The molecule has 2 rings (SSSR count). The van der Waals surface area contributed by atoms with E-state index < -0.39 is 36.9 Å². The molecule has 21 heavy (non-hydrogen) atoms. The Hall–Kier alpha value is -2.79. The predicted molar refractivity (Wildman–Crippen MR) is 71.2 cm³/mol. The number of aromatic nitrogens is 2. The molecule has 0 aliphatic rings. The van der Waals surface area contributed by atoms with Gasteiger partial charge in [-0.3, -0.25) is 24.4 Å². The summed E-state index contributed by atoms with van der Waals surface area (Å²) in [7, 11) is -4.50. The van der Waals surface area contributed by atoms with Gasteiger partial charge in [0.05, 0.1) is 9.82 Å². The second kappa shape index (κ2) is 4.96. The number of hydrogen-bond acceptors (Lipinski definition) is 7. The first-order valence-electron chi connectivity index (χ1n) is 5.32. The molecule has 4 N–H and O–H groups in total. The second-order valence-electron chi connectivity index (χ2n) is 3.91. The van der Waals surface area contributed by atoms with E-state index in [2.05, 4.69) is 4.98 Å². The fourth-order valence-electron chi connectivity index (χ4n) is 1.66. The van der Waals surface area contributed by atoms with E-state index in [1.54, 1.807) is 0 Å². The third kappa shape index (κ3) is 2.88. The zero-order valence-corrected chi connectivity index (χ0v) is 11.0. The molecule has 0 aliphatic heterocycles. The fraction of sp³-hybridized carbons (Fsp3) is 0. The number of aromatic amines is 1. The van der Waals surface area contributed by atoms with Crippen molar-refractivity contribution >= 4 is 21.8 Å². The second-order valence-corrected chi connectivity index (χ2v) is 5.33. The van der Waals surface area contributed by atoms with E-state index in [-0.39, 0.29) is 11.5 Å². The first-order chi connectivity index (χ1) is 9.70. The smallest absolute Gasteiger partial charge is 0.359 e. The highest BCUT2D eigenvalue weighted by Gasteiger charge is 2.24. The summed E-state index contributed by atoms with van der Waals surface area (Å²) in [6, 6.07) is 4.56. The lowest BCUT2D eigenvalue weighted by Crippen LogP contribution is -2.16. The lowest BCUT2D eigenvalue weighted by atomic mass is 10.1. The van der Waals surface area contributed by atoms with Crippen LogP contribution in [0.2, 0.25) is 0 Å². The minimum absolute atomic E-state index is 0.0466. The topological polar surface area (TPSA) is 169 Å². The van der Waals surface area contributed by atoms with E-state index >= 15 is 0 Å². The minimum atomic E-state index is -4.50. The van der Waals surface area contributed by atoms with Crippen molar-refractivity contribution in [3.05, 3.63) is 44.7 Å². The molecular formula is C10H8N4O6S. The maximum atomic E-state index is 11.6. The molecular weight excluding hydrogens is 304 g/mol. The lowest BCUT2D eigenvalue weighted by molar-refractivity contribution is -0.385. The Kier molecular flexibility index (Phi) is 3.45. The Labute approximate surface area is 117 Å². The molecule has 0 radical (unpaired) electrons. The first-order valence-corrected chi connectivity index (χ1v) is 6.76. The summed E-state index contributed by atoms with van der Waals surface area (Å²) in [6.07, 6.45) is 0. The average Bonchev–Trinajstić information content (AvgIpc) is 2.36. The number of benzene rings is 1. The van der Waals surface area contributed by atoms with Crippen molar-refractivity contribution in [2.45, 2.75) is 4.90 Å². The van der Waals surface area contributed by atoms with Gasteiger partial charge < -0.3 is 5.73 Å². The van der Waals surface area contributed by atoms with Crippen LogP contribution in [0.5, 0.6) is 0 Å². The van der Waals surface area contributed by atoms with E-state index in [4.69, 9.17) is 10.3 Å². The predicted octanol–water partition coefficient (Wildman–Crippen LogP) is 0.174.